The highest BCUT2D eigenvalue weighted by molar-refractivity contribution is 7.89. The molecule has 2 heterocycles. The highest BCUT2D eigenvalue weighted by Gasteiger charge is 2.25. The summed E-state index contributed by atoms with van der Waals surface area (Å²) < 4.78 is 33.4. The van der Waals surface area contributed by atoms with Crippen LogP contribution >= 0.6 is 0 Å². The summed E-state index contributed by atoms with van der Waals surface area (Å²) in [6, 6.07) is 5.19. The third-order valence-electron chi connectivity index (χ3n) is 4.42. The Hall–Kier alpha value is -1.11. The molecule has 0 saturated carbocycles. The molecule has 1 saturated heterocycles. The number of hydrogen-bond acceptors (Lipinski definition) is 4. The average Bonchev–Trinajstić information content (AvgIpc) is 2.97. The van der Waals surface area contributed by atoms with Gasteiger partial charge in [0.05, 0.1) is 11.5 Å². The van der Waals surface area contributed by atoms with E-state index in [4.69, 9.17) is 4.74 Å². The second-order valence-corrected chi connectivity index (χ2v) is 7.82. The quantitative estimate of drug-likeness (QED) is 0.897. The van der Waals surface area contributed by atoms with E-state index < -0.39 is 10.0 Å². The topological polar surface area (TPSA) is 58.6 Å². The minimum atomic E-state index is -3.44. The molecule has 1 aromatic rings. The Kier molecular flexibility index (Phi) is 4.70. The lowest BCUT2D eigenvalue weighted by atomic mass is 10.1. The van der Waals surface area contributed by atoms with E-state index in [-0.39, 0.29) is 6.04 Å². The molecule has 22 heavy (non-hydrogen) atoms. The van der Waals surface area contributed by atoms with Crippen molar-refractivity contribution in [3.63, 3.8) is 0 Å². The fraction of sp³-hybridized carbons (Fsp3) is 0.625. The lowest BCUT2D eigenvalue weighted by Gasteiger charge is -2.31. The molecule has 0 atom stereocenters. The standard InChI is InChI=1S/C16H24N2O3S/c1-2-8-18-9-5-14(6-10-18)17-22(19,20)15-3-4-16-13(12-15)7-11-21-16/h3-4,12,14,17H,2,5-11H2,1H3. The number of hydrogen-bond donors (Lipinski definition) is 1. The first-order chi connectivity index (χ1) is 10.6. The van der Waals surface area contributed by atoms with Crippen LogP contribution in [0.5, 0.6) is 5.75 Å². The lowest BCUT2D eigenvalue weighted by molar-refractivity contribution is 0.208. The molecule has 3 rings (SSSR count). The van der Waals surface area contributed by atoms with Crippen LogP contribution in [-0.4, -0.2) is 45.6 Å². The number of sulfonamides is 1. The fourth-order valence-corrected chi connectivity index (χ4v) is 4.56. The van der Waals surface area contributed by atoms with Crippen molar-refractivity contribution in [2.45, 2.75) is 43.5 Å². The van der Waals surface area contributed by atoms with Crippen LogP contribution in [0.25, 0.3) is 0 Å². The summed E-state index contributed by atoms with van der Waals surface area (Å²) in [6.07, 6.45) is 3.70. The summed E-state index contributed by atoms with van der Waals surface area (Å²) in [6.45, 7) is 5.86. The first-order valence-electron chi connectivity index (χ1n) is 8.09. The van der Waals surface area contributed by atoms with Gasteiger partial charge >= 0.3 is 0 Å². The van der Waals surface area contributed by atoms with Gasteiger partial charge in [-0.25, -0.2) is 13.1 Å². The maximum atomic E-state index is 12.5. The Morgan fingerprint density at radius 1 is 1.32 bits per heavy atom. The largest absolute Gasteiger partial charge is 0.493 e. The number of nitrogens with zero attached hydrogens (tertiary/aromatic N) is 1. The molecular weight excluding hydrogens is 300 g/mol. The Balaban J connectivity index is 1.64. The maximum Gasteiger partial charge on any atom is 0.240 e. The van der Waals surface area contributed by atoms with Crippen molar-refractivity contribution in [2.75, 3.05) is 26.2 Å². The first kappa shape index (κ1) is 15.8. The van der Waals surface area contributed by atoms with Gasteiger partial charge in [-0.3, -0.25) is 0 Å². The monoisotopic (exact) mass is 324 g/mol. The van der Waals surface area contributed by atoms with Crippen LogP contribution in [0.3, 0.4) is 0 Å². The van der Waals surface area contributed by atoms with Crippen LogP contribution < -0.4 is 9.46 Å². The number of fused-ring (bicyclic) bond motifs is 1. The minimum Gasteiger partial charge on any atom is -0.493 e. The summed E-state index contributed by atoms with van der Waals surface area (Å²) >= 11 is 0. The molecule has 122 valence electrons. The van der Waals surface area contributed by atoms with Crippen molar-refractivity contribution in [1.29, 1.82) is 0 Å². The van der Waals surface area contributed by atoms with E-state index in [0.717, 1.165) is 56.6 Å². The first-order valence-corrected chi connectivity index (χ1v) is 9.57. The van der Waals surface area contributed by atoms with Gasteiger partial charge in [0, 0.05) is 12.5 Å². The van der Waals surface area contributed by atoms with Crippen molar-refractivity contribution in [3.8, 4) is 5.75 Å². The van der Waals surface area contributed by atoms with Crippen LogP contribution in [0.1, 0.15) is 31.7 Å². The highest BCUT2D eigenvalue weighted by atomic mass is 32.2. The summed E-state index contributed by atoms with van der Waals surface area (Å²) in [4.78, 5) is 2.75. The third-order valence-corrected chi connectivity index (χ3v) is 5.94. The van der Waals surface area contributed by atoms with E-state index in [0.29, 0.717) is 11.5 Å². The number of benzene rings is 1. The van der Waals surface area contributed by atoms with E-state index in [1.54, 1.807) is 18.2 Å². The van der Waals surface area contributed by atoms with Crippen LogP contribution in [-0.2, 0) is 16.4 Å². The van der Waals surface area contributed by atoms with Gasteiger partial charge in [0.1, 0.15) is 5.75 Å². The Morgan fingerprint density at radius 3 is 2.82 bits per heavy atom. The lowest BCUT2D eigenvalue weighted by Crippen LogP contribution is -2.44. The van der Waals surface area contributed by atoms with Crippen LogP contribution in [0.2, 0.25) is 0 Å². The van der Waals surface area contributed by atoms with Gasteiger partial charge in [-0.15, -0.1) is 0 Å². The van der Waals surface area contributed by atoms with Gasteiger partial charge in [0.2, 0.25) is 10.0 Å². The molecule has 5 nitrogen and oxygen atoms in total. The molecule has 0 spiro atoms. The zero-order chi connectivity index (χ0) is 15.6. The zero-order valence-corrected chi connectivity index (χ0v) is 13.9. The fourth-order valence-electron chi connectivity index (χ4n) is 3.21. The Morgan fingerprint density at radius 2 is 2.09 bits per heavy atom. The molecular formula is C16H24N2O3S. The van der Waals surface area contributed by atoms with Crippen LogP contribution in [0, 0.1) is 0 Å². The molecule has 0 radical (unpaired) electrons. The third kappa shape index (κ3) is 3.45. The molecule has 6 heteroatoms. The van der Waals surface area contributed by atoms with Gasteiger partial charge in [-0.1, -0.05) is 6.92 Å². The predicted molar refractivity (Wildman–Crippen MR) is 85.7 cm³/mol. The number of nitrogens with one attached hydrogen (secondary N) is 1. The van der Waals surface area contributed by atoms with Crippen molar-refractivity contribution in [2.24, 2.45) is 0 Å². The molecule has 0 unspecified atom stereocenters. The molecule has 1 N–H and O–H groups in total. The second kappa shape index (κ2) is 6.56. The smallest absolute Gasteiger partial charge is 0.240 e. The summed E-state index contributed by atoms with van der Waals surface area (Å²) in [5.41, 5.74) is 0.987. The molecule has 1 aromatic carbocycles. The van der Waals surface area contributed by atoms with E-state index in [9.17, 15) is 8.42 Å². The van der Waals surface area contributed by atoms with Gasteiger partial charge in [0.15, 0.2) is 0 Å². The average molecular weight is 324 g/mol. The van der Waals surface area contributed by atoms with Crippen molar-refractivity contribution >= 4 is 10.0 Å². The van der Waals surface area contributed by atoms with Crippen molar-refractivity contribution < 1.29 is 13.2 Å². The van der Waals surface area contributed by atoms with E-state index in [1.165, 1.54) is 0 Å². The van der Waals surface area contributed by atoms with E-state index in [2.05, 4.69) is 16.5 Å². The molecule has 0 aromatic heterocycles. The molecule has 2 aliphatic rings. The Bertz CT molecular complexity index is 622. The SMILES string of the molecule is CCCN1CCC(NS(=O)(=O)c2ccc3c(c2)CCO3)CC1. The number of rotatable bonds is 5. The van der Waals surface area contributed by atoms with Gasteiger partial charge < -0.3 is 9.64 Å². The molecule has 2 aliphatic heterocycles. The maximum absolute atomic E-state index is 12.5. The summed E-state index contributed by atoms with van der Waals surface area (Å²) in [5, 5.41) is 0. The van der Waals surface area contributed by atoms with Gasteiger partial charge in [-0.2, -0.15) is 0 Å². The second-order valence-electron chi connectivity index (χ2n) is 6.11. The van der Waals surface area contributed by atoms with E-state index >= 15 is 0 Å². The Labute approximate surface area is 132 Å². The van der Waals surface area contributed by atoms with Crippen LogP contribution in [0.15, 0.2) is 23.1 Å². The van der Waals surface area contributed by atoms with Gasteiger partial charge in [0.25, 0.3) is 0 Å². The molecule has 1 fully saturated rings. The summed E-state index contributed by atoms with van der Waals surface area (Å²) in [5.74, 6) is 0.812. The molecule has 0 bridgehead atoms. The van der Waals surface area contributed by atoms with Gasteiger partial charge in [-0.05, 0) is 62.7 Å². The highest BCUT2D eigenvalue weighted by Crippen LogP contribution is 2.27. The summed E-state index contributed by atoms with van der Waals surface area (Å²) in [7, 11) is -3.44. The molecule has 0 amide bonds. The minimum absolute atomic E-state index is 0.0441. The van der Waals surface area contributed by atoms with Crippen LogP contribution in [0.4, 0.5) is 0 Å². The van der Waals surface area contributed by atoms with Crippen molar-refractivity contribution in [1.82, 2.24) is 9.62 Å². The predicted octanol–water partition coefficient (Wildman–Crippen LogP) is 1.77. The van der Waals surface area contributed by atoms with E-state index in [1.807, 2.05) is 0 Å². The number of likely N-dealkylation sites (tertiary alicyclic amines) is 1. The number of piperidine rings is 1. The zero-order valence-electron chi connectivity index (χ0n) is 13.0. The number of ether oxygens (including phenoxy) is 1. The molecule has 0 aliphatic carbocycles. The normalized spacial score (nSPS) is 19.9. The van der Waals surface area contributed by atoms with Crippen molar-refractivity contribution in [3.05, 3.63) is 23.8 Å².